The highest BCUT2D eigenvalue weighted by atomic mass is 79.9. The zero-order valence-electron chi connectivity index (χ0n) is 13.2. The maximum atomic E-state index is 12.2. The Balaban J connectivity index is 1.54. The third-order valence-electron chi connectivity index (χ3n) is 3.73. The first-order valence-corrected chi connectivity index (χ1v) is 8.64. The van der Waals surface area contributed by atoms with E-state index in [1.807, 2.05) is 67.0 Å². The monoisotopic (exact) mass is 383 g/mol. The number of carbonyl (C=O) groups is 1. The summed E-state index contributed by atoms with van der Waals surface area (Å²) in [6.07, 6.45) is 4.62. The molecule has 2 aromatic carbocycles. The summed E-state index contributed by atoms with van der Waals surface area (Å²) in [4.78, 5) is 16.6. The van der Waals surface area contributed by atoms with Gasteiger partial charge in [-0.1, -0.05) is 42.5 Å². The van der Waals surface area contributed by atoms with Crippen LogP contribution in [-0.4, -0.2) is 22.0 Å². The van der Waals surface area contributed by atoms with E-state index in [9.17, 15) is 4.79 Å². The van der Waals surface area contributed by atoms with Crippen molar-refractivity contribution in [1.29, 1.82) is 0 Å². The van der Waals surface area contributed by atoms with Gasteiger partial charge in [0.25, 0.3) is 5.91 Å². The van der Waals surface area contributed by atoms with E-state index in [2.05, 4.69) is 30.8 Å². The average molecular weight is 384 g/mol. The largest absolute Gasteiger partial charge is 0.352 e. The number of carbonyl (C=O) groups excluding carboxylic acids is 1. The third-order valence-corrected chi connectivity index (χ3v) is 4.42. The number of rotatable bonds is 6. The Labute approximate surface area is 149 Å². The summed E-state index contributed by atoms with van der Waals surface area (Å²) in [6.45, 7) is 1.42. The van der Waals surface area contributed by atoms with Crippen molar-refractivity contribution in [3.05, 3.63) is 77.0 Å². The average Bonchev–Trinajstić information content (AvgIpc) is 3.08. The second kappa shape index (κ2) is 7.93. The first-order valence-electron chi connectivity index (χ1n) is 7.85. The van der Waals surface area contributed by atoms with Gasteiger partial charge in [-0.2, -0.15) is 0 Å². The molecule has 1 amide bonds. The summed E-state index contributed by atoms with van der Waals surface area (Å²) >= 11 is 3.40. The van der Waals surface area contributed by atoms with Gasteiger partial charge in [0.1, 0.15) is 5.82 Å². The number of nitrogens with one attached hydrogen (secondary N) is 1. The predicted octanol–water partition coefficient (Wildman–Crippen LogP) is 4.13. The molecule has 0 spiro atoms. The van der Waals surface area contributed by atoms with Crippen molar-refractivity contribution in [2.75, 3.05) is 6.54 Å². The minimum absolute atomic E-state index is 0.0589. The molecule has 3 rings (SSSR count). The summed E-state index contributed by atoms with van der Waals surface area (Å²) in [5.41, 5.74) is 1.75. The molecule has 0 bridgehead atoms. The van der Waals surface area contributed by atoms with E-state index in [1.54, 1.807) is 0 Å². The molecule has 4 nitrogen and oxygen atoms in total. The van der Waals surface area contributed by atoms with Crippen LogP contribution in [0.15, 0.2) is 71.5 Å². The molecule has 5 heteroatoms. The molecule has 122 valence electrons. The van der Waals surface area contributed by atoms with Crippen molar-refractivity contribution in [1.82, 2.24) is 14.9 Å². The van der Waals surface area contributed by atoms with Gasteiger partial charge in [0.05, 0.1) is 5.56 Å². The summed E-state index contributed by atoms with van der Waals surface area (Å²) in [6, 6.07) is 17.5. The number of aryl methyl sites for hydroxylation is 1. The minimum Gasteiger partial charge on any atom is -0.352 e. The van der Waals surface area contributed by atoms with Crippen LogP contribution < -0.4 is 5.32 Å². The fourth-order valence-electron chi connectivity index (χ4n) is 2.53. The molecular weight excluding hydrogens is 366 g/mol. The molecule has 0 saturated carbocycles. The predicted molar refractivity (Wildman–Crippen MR) is 98.8 cm³/mol. The molecule has 0 unspecified atom stereocenters. The van der Waals surface area contributed by atoms with Crippen molar-refractivity contribution in [2.45, 2.75) is 13.0 Å². The molecule has 1 heterocycles. The standard InChI is InChI=1S/C19H18BrN3O/c20-17-10-5-4-9-16(17)19(24)22-11-6-13-23-14-12-21-18(23)15-7-2-1-3-8-15/h1-5,7-10,12,14H,6,11,13H2,(H,22,24). The number of amides is 1. The third kappa shape index (κ3) is 3.92. The number of nitrogens with zero attached hydrogens (tertiary/aromatic N) is 2. The van der Waals surface area contributed by atoms with Gasteiger partial charge in [0, 0.05) is 35.5 Å². The summed E-state index contributed by atoms with van der Waals surface area (Å²) in [5, 5.41) is 2.96. The molecule has 1 aromatic heterocycles. The van der Waals surface area contributed by atoms with E-state index < -0.39 is 0 Å². The Morgan fingerprint density at radius 3 is 2.62 bits per heavy atom. The summed E-state index contributed by atoms with van der Waals surface area (Å²) < 4.78 is 2.92. The zero-order chi connectivity index (χ0) is 16.8. The molecule has 0 saturated heterocycles. The van der Waals surface area contributed by atoms with Crippen LogP contribution in [0, 0.1) is 0 Å². The van der Waals surface area contributed by atoms with Gasteiger partial charge in [0.2, 0.25) is 0 Å². The Morgan fingerprint density at radius 2 is 1.83 bits per heavy atom. The molecule has 0 aliphatic heterocycles. The quantitative estimate of drug-likeness (QED) is 0.650. The number of aromatic nitrogens is 2. The number of imidazole rings is 1. The summed E-state index contributed by atoms with van der Waals surface area (Å²) in [7, 11) is 0. The molecular formula is C19H18BrN3O. The van der Waals surface area contributed by atoms with Crippen LogP contribution in [0.2, 0.25) is 0 Å². The Hall–Kier alpha value is -2.40. The lowest BCUT2D eigenvalue weighted by molar-refractivity contribution is 0.0952. The van der Waals surface area contributed by atoms with Gasteiger partial charge in [-0.15, -0.1) is 0 Å². The number of benzene rings is 2. The van der Waals surface area contributed by atoms with E-state index >= 15 is 0 Å². The van der Waals surface area contributed by atoms with Gasteiger partial charge in [-0.3, -0.25) is 4.79 Å². The van der Waals surface area contributed by atoms with Crippen LogP contribution in [0.5, 0.6) is 0 Å². The van der Waals surface area contributed by atoms with Crippen LogP contribution in [0.3, 0.4) is 0 Å². The lowest BCUT2D eigenvalue weighted by atomic mass is 10.2. The Bertz CT molecular complexity index is 814. The number of halogens is 1. The van der Waals surface area contributed by atoms with E-state index in [4.69, 9.17) is 0 Å². The second-order valence-electron chi connectivity index (χ2n) is 5.40. The fraction of sp³-hybridized carbons (Fsp3) is 0.158. The van der Waals surface area contributed by atoms with Crippen molar-refractivity contribution in [3.8, 4) is 11.4 Å². The van der Waals surface area contributed by atoms with E-state index in [0.717, 1.165) is 28.8 Å². The minimum atomic E-state index is -0.0589. The van der Waals surface area contributed by atoms with Crippen molar-refractivity contribution < 1.29 is 4.79 Å². The maximum Gasteiger partial charge on any atom is 0.252 e. The van der Waals surface area contributed by atoms with Crippen LogP contribution >= 0.6 is 15.9 Å². The van der Waals surface area contributed by atoms with Crippen molar-refractivity contribution >= 4 is 21.8 Å². The van der Waals surface area contributed by atoms with Gasteiger partial charge in [-0.25, -0.2) is 4.98 Å². The fourth-order valence-corrected chi connectivity index (χ4v) is 2.99. The van der Waals surface area contributed by atoms with Gasteiger partial charge in [-0.05, 0) is 34.5 Å². The number of hydrogen-bond acceptors (Lipinski definition) is 2. The highest BCUT2D eigenvalue weighted by Gasteiger charge is 2.09. The van der Waals surface area contributed by atoms with E-state index in [0.29, 0.717) is 12.1 Å². The summed E-state index contributed by atoms with van der Waals surface area (Å²) in [5.74, 6) is 0.893. The second-order valence-corrected chi connectivity index (χ2v) is 6.25. The topological polar surface area (TPSA) is 46.9 Å². The SMILES string of the molecule is O=C(NCCCn1ccnc1-c1ccccc1)c1ccccc1Br. The highest BCUT2D eigenvalue weighted by molar-refractivity contribution is 9.10. The van der Waals surface area contributed by atoms with Gasteiger partial charge >= 0.3 is 0 Å². The van der Waals surface area contributed by atoms with Crippen LogP contribution in [0.1, 0.15) is 16.8 Å². The maximum absolute atomic E-state index is 12.2. The zero-order valence-corrected chi connectivity index (χ0v) is 14.7. The molecule has 24 heavy (non-hydrogen) atoms. The van der Waals surface area contributed by atoms with Crippen LogP contribution in [-0.2, 0) is 6.54 Å². The van der Waals surface area contributed by atoms with Crippen molar-refractivity contribution in [2.24, 2.45) is 0 Å². The number of hydrogen-bond donors (Lipinski definition) is 1. The Morgan fingerprint density at radius 1 is 1.08 bits per heavy atom. The molecule has 0 radical (unpaired) electrons. The van der Waals surface area contributed by atoms with Gasteiger partial charge in [0.15, 0.2) is 0 Å². The Kier molecular flexibility index (Phi) is 5.43. The first-order chi connectivity index (χ1) is 11.8. The normalized spacial score (nSPS) is 10.5. The van der Waals surface area contributed by atoms with Crippen LogP contribution in [0.4, 0.5) is 0 Å². The smallest absolute Gasteiger partial charge is 0.252 e. The molecule has 0 aliphatic carbocycles. The van der Waals surface area contributed by atoms with Crippen LogP contribution in [0.25, 0.3) is 11.4 Å². The van der Waals surface area contributed by atoms with E-state index in [-0.39, 0.29) is 5.91 Å². The first kappa shape index (κ1) is 16.5. The molecule has 0 fully saturated rings. The molecule has 0 atom stereocenters. The van der Waals surface area contributed by atoms with Gasteiger partial charge < -0.3 is 9.88 Å². The molecule has 0 aliphatic rings. The van der Waals surface area contributed by atoms with E-state index in [1.165, 1.54) is 0 Å². The highest BCUT2D eigenvalue weighted by Crippen LogP contribution is 2.17. The molecule has 1 N–H and O–H groups in total. The van der Waals surface area contributed by atoms with Crippen molar-refractivity contribution in [3.63, 3.8) is 0 Å². The lowest BCUT2D eigenvalue weighted by Crippen LogP contribution is -2.25. The lowest BCUT2D eigenvalue weighted by Gasteiger charge is -2.09. The molecule has 3 aromatic rings.